The van der Waals surface area contributed by atoms with E-state index in [9.17, 15) is 4.79 Å². The van der Waals surface area contributed by atoms with Gasteiger partial charge in [0, 0.05) is 35.1 Å². The maximum absolute atomic E-state index is 13.1. The van der Waals surface area contributed by atoms with Crippen molar-refractivity contribution in [1.82, 2.24) is 4.90 Å². The van der Waals surface area contributed by atoms with Crippen LogP contribution in [0.2, 0.25) is 10.0 Å². The fourth-order valence-corrected chi connectivity index (χ4v) is 5.68. The molecule has 1 heterocycles. The standard InChI is InChI=1S/C19H24Cl2N2O.ClH/c20-15-8-14-10-23(5-4-16(14)17(21)9-15)19(24)13-6-11-2-1-3-12(7-13)18(11)22;/h8-9,11-13,18H,1-7,10,22H2;1H. The van der Waals surface area contributed by atoms with E-state index in [2.05, 4.69) is 0 Å². The van der Waals surface area contributed by atoms with Gasteiger partial charge in [0.25, 0.3) is 0 Å². The van der Waals surface area contributed by atoms with Crippen LogP contribution in [0.25, 0.3) is 0 Å². The minimum absolute atomic E-state index is 0. The van der Waals surface area contributed by atoms with Gasteiger partial charge in [0.1, 0.15) is 0 Å². The second-order valence-corrected chi connectivity index (χ2v) is 8.58. The summed E-state index contributed by atoms with van der Waals surface area (Å²) < 4.78 is 0. The number of nitrogens with two attached hydrogens (primary N) is 1. The van der Waals surface area contributed by atoms with Crippen molar-refractivity contribution < 1.29 is 4.79 Å². The first-order valence-corrected chi connectivity index (χ1v) is 9.79. The van der Waals surface area contributed by atoms with Gasteiger partial charge in [-0.3, -0.25) is 4.79 Å². The highest BCUT2D eigenvalue weighted by Crippen LogP contribution is 2.43. The Morgan fingerprint density at radius 3 is 2.52 bits per heavy atom. The Hall–Kier alpha value is -0.480. The third-order valence-electron chi connectivity index (χ3n) is 6.32. The molecule has 2 bridgehead atoms. The Morgan fingerprint density at radius 2 is 1.84 bits per heavy atom. The van der Waals surface area contributed by atoms with E-state index in [0.29, 0.717) is 35.4 Å². The number of benzene rings is 1. The lowest BCUT2D eigenvalue weighted by atomic mass is 9.65. The number of hydrogen-bond acceptors (Lipinski definition) is 2. The van der Waals surface area contributed by atoms with Crippen LogP contribution >= 0.6 is 35.6 Å². The molecule has 2 unspecified atom stereocenters. The van der Waals surface area contributed by atoms with Crippen molar-refractivity contribution in [1.29, 1.82) is 0 Å². The van der Waals surface area contributed by atoms with Crippen molar-refractivity contribution in [3.63, 3.8) is 0 Å². The van der Waals surface area contributed by atoms with E-state index in [4.69, 9.17) is 28.9 Å². The summed E-state index contributed by atoms with van der Waals surface area (Å²) in [4.78, 5) is 15.1. The van der Waals surface area contributed by atoms with Gasteiger partial charge in [-0.1, -0.05) is 29.6 Å². The Balaban J connectivity index is 0.00000182. The van der Waals surface area contributed by atoms with E-state index < -0.39 is 0 Å². The molecule has 4 rings (SSSR count). The summed E-state index contributed by atoms with van der Waals surface area (Å²) in [6.45, 7) is 1.39. The predicted molar refractivity (Wildman–Crippen MR) is 104 cm³/mol. The summed E-state index contributed by atoms with van der Waals surface area (Å²) in [5.41, 5.74) is 8.61. The molecule has 1 amide bonds. The number of hydrogen-bond donors (Lipinski definition) is 1. The highest BCUT2D eigenvalue weighted by molar-refractivity contribution is 6.35. The Bertz CT molecular complexity index is 652. The lowest BCUT2D eigenvalue weighted by molar-refractivity contribution is -0.139. The molecule has 0 saturated heterocycles. The minimum Gasteiger partial charge on any atom is -0.338 e. The molecule has 138 valence electrons. The molecular formula is C19H25Cl3N2O. The average Bonchev–Trinajstić information content (AvgIpc) is 2.53. The van der Waals surface area contributed by atoms with Crippen LogP contribution in [0.3, 0.4) is 0 Å². The highest BCUT2D eigenvalue weighted by atomic mass is 35.5. The molecule has 1 aromatic carbocycles. The topological polar surface area (TPSA) is 46.3 Å². The van der Waals surface area contributed by atoms with Gasteiger partial charge >= 0.3 is 0 Å². The van der Waals surface area contributed by atoms with Crippen molar-refractivity contribution in [3.8, 4) is 0 Å². The van der Waals surface area contributed by atoms with Crippen LogP contribution in [0.4, 0.5) is 0 Å². The summed E-state index contributed by atoms with van der Waals surface area (Å²) >= 11 is 12.4. The first-order chi connectivity index (χ1) is 11.5. The van der Waals surface area contributed by atoms with Gasteiger partial charge in [-0.2, -0.15) is 0 Å². The second kappa shape index (κ2) is 7.64. The SMILES string of the molecule is Cl.NC1C2CCCC1CC(C(=O)N1CCc3c(Cl)cc(Cl)cc3C1)C2. The molecule has 1 aliphatic heterocycles. The van der Waals surface area contributed by atoms with Gasteiger partial charge in [-0.15, -0.1) is 12.4 Å². The zero-order valence-electron chi connectivity index (χ0n) is 14.2. The molecule has 0 spiro atoms. The fourth-order valence-electron chi connectivity index (χ4n) is 5.05. The molecule has 3 aliphatic rings. The maximum atomic E-state index is 13.1. The van der Waals surface area contributed by atoms with Crippen LogP contribution in [-0.4, -0.2) is 23.4 Å². The van der Waals surface area contributed by atoms with Gasteiger partial charge in [0.2, 0.25) is 5.91 Å². The van der Waals surface area contributed by atoms with Crippen molar-refractivity contribution >= 4 is 41.5 Å². The van der Waals surface area contributed by atoms with E-state index in [1.807, 2.05) is 11.0 Å². The lowest BCUT2D eigenvalue weighted by Gasteiger charge is -2.45. The number of amides is 1. The number of carbonyl (C=O) groups is 1. The van der Waals surface area contributed by atoms with Gasteiger partial charge in [0.15, 0.2) is 0 Å². The van der Waals surface area contributed by atoms with Crippen molar-refractivity contribution in [2.24, 2.45) is 23.5 Å². The first kappa shape index (κ1) is 19.3. The fraction of sp³-hybridized carbons (Fsp3) is 0.632. The van der Waals surface area contributed by atoms with E-state index >= 15 is 0 Å². The second-order valence-electron chi connectivity index (χ2n) is 7.73. The minimum atomic E-state index is 0. The lowest BCUT2D eigenvalue weighted by Crippen LogP contribution is -2.50. The summed E-state index contributed by atoms with van der Waals surface area (Å²) in [5.74, 6) is 1.52. The van der Waals surface area contributed by atoms with Crippen molar-refractivity contribution in [2.45, 2.75) is 51.1 Å². The molecule has 1 aromatic rings. The van der Waals surface area contributed by atoms with E-state index in [1.54, 1.807) is 6.07 Å². The number of rotatable bonds is 1. The summed E-state index contributed by atoms with van der Waals surface area (Å²) in [5, 5.41) is 1.37. The van der Waals surface area contributed by atoms with E-state index in [1.165, 1.54) is 19.3 Å². The largest absolute Gasteiger partial charge is 0.338 e. The Morgan fingerprint density at radius 1 is 1.16 bits per heavy atom. The first-order valence-electron chi connectivity index (χ1n) is 9.04. The number of halogens is 3. The molecule has 2 atom stereocenters. The number of fused-ring (bicyclic) bond motifs is 3. The Kier molecular flexibility index (Phi) is 5.89. The van der Waals surface area contributed by atoms with Gasteiger partial charge in [-0.25, -0.2) is 0 Å². The molecule has 25 heavy (non-hydrogen) atoms. The average molecular weight is 404 g/mol. The summed E-state index contributed by atoms with van der Waals surface area (Å²) in [7, 11) is 0. The third kappa shape index (κ3) is 3.66. The van der Waals surface area contributed by atoms with Crippen LogP contribution < -0.4 is 5.73 Å². The zero-order chi connectivity index (χ0) is 16.8. The van der Waals surface area contributed by atoms with Gasteiger partial charge < -0.3 is 10.6 Å². The van der Waals surface area contributed by atoms with Crippen molar-refractivity contribution in [2.75, 3.05) is 6.54 Å². The molecule has 2 fully saturated rings. The molecule has 6 heteroatoms. The molecule has 0 radical (unpaired) electrons. The zero-order valence-corrected chi connectivity index (χ0v) is 16.5. The summed E-state index contributed by atoms with van der Waals surface area (Å²) in [6, 6.07) is 4.05. The van der Waals surface area contributed by atoms with E-state index in [-0.39, 0.29) is 18.3 Å². The van der Waals surface area contributed by atoms with Gasteiger partial charge in [-0.05, 0) is 67.2 Å². The predicted octanol–water partition coefficient (Wildman–Crippen LogP) is 4.45. The number of nitrogens with zero attached hydrogens (tertiary/aromatic N) is 1. The monoisotopic (exact) mass is 402 g/mol. The van der Waals surface area contributed by atoms with Crippen LogP contribution in [0, 0.1) is 17.8 Å². The normalized spacial score (nSPS) is 31.1. The molecule has 3 nitrogen and oxygen atoms in total. The van der Waals surface area contributed by atoms with Crippen LogP contribution in [0.5, 0.6) is 0 Å². The number of carbonyl (C=O) groups excluding carboxylic acids is 1. The van der Waals surface area contributed by atoms with E-state index in [0.717, 1.165) is 42.0 Å². The van der Waals surface area contributed by atoms with Crippen LogP contribution in [0.1, 0.15) is 43.2 Å². The smallest absolute Gasteiger partial charge is 0.226 e. The Labute approximate surface area is 165 Å². The molecular weight excluding hydrogens is 379 g/mol. The third-order valence-corrected chi connectivity index (χ3v) is 6.87. The summed E-state index contributed by atoms with van der Waals surface area (Å²) in [6.07, 6.45) is 6.41. The molecule has 0 aromatic heterocycles. The molecule has 2 aliphatic carbocycles. The van der Waals surface area contributed by atoms with Gasteiger partial charge in [0.05, 0.1) is 0 Å². The van der Waals surface area contributed by atoms with Crippen LogP contribution in [-0.2, 0) is 17.8 Å². The van der Waals surface area contributed by atoms with Crippen molar-refractivity contribution in [3.05, 3.63) is 33.3 Å². The maximum Gasteiger partial charge on any atom is 0.226 e. The quantitative estimate of drug-likeness (QED) is 0.753. The molecule has 2 saturated carbocycles. The molecule has 2 N–H and O–H groups in total. The van der Waals surface area contributed by atoms with Crippen LogP contribution in [0.15, 0.2) is 12.1 Å². The highest BCUT2D eigenvalue weighted by Gasteiger charge is 2.42.